The molecular weight excluding hydrogens is 500 g/mol. The third-order valence-electron chi connectivity index (χ3n) is 5.03. The van der Waals surface area contributed by atoms with Crippen LogP contribution in [0.15, 0.2) is 65.8 Å². The van der Waals surface area contributed by atoms with E-state index in [2.05, 4.69) is 5.16 Å². The van der Waals surface area contributed by atoms with Crippen molar-refractivity contribution in [2.45, 2.75) is 12.3 Å². The van der Waals surface area contributed by atoms with Gasteiger partial charge in [0.2, 0.25) is 0 Å². The predicted octanol–water partition coefficient (Wildman–Crippen LogP) is 8.32. The average Bonchev–Trinajstić information content (AvgIpc) is 3.51. The molecule has 0 N–H and O–H groups in total. The Kier molecular flexibility index (Phi) is 6.80. The lowest BCUT2D eigenvalue weighted by molar-refractivity contribution is 0.0515. The second kappa shape index (κ2) is 9.40. The maximum Gasteiger partial charge on any atom is 0.365 e. The van der Waals surface area contributed by atoms with Gasteiger partial charge in [-0.2, -0.15) is 0 Å². The van der Waals surface area contributed by atoms with Crippen LogP contribution in [-0.2, 0) is 4.84 Å². The van der Waals surface area contributed by atoms with Crippen molar-refractivity contribution in [3.8, 4) is 0 Å². The molecule has 3 nitrogen and oxygen atoms in total. The van der Waals surface area contributed by atoms with E-state index in [-0.39, 0.29) is 22.4 Å². The smallest absolute Gasteiger partial charge is 0.313 e. The van der Waals surface area contributed by atoms with E-state index in [1.807, 2.05) is 24.3 Å². The van der Waals surface area contributed by atoms with Crippen molar-refractivity contribution in [1.82, 2.24) is 0 Å². The highest BCUT2D eigenvalue weighted by Gasteiger charge is 2.44. The van der Waals surface area contributed by atoms with Gasteiger partial charge in [0.15, 0.2) is 0 Å². The minimum absolute atomic E-state index is 0.0291. The molecule has 0 aromatic heterocycles. The summed E-state index contributed by atoms with van der Waals surface area (Å²) >= 11 is 30.3. The molecule has 3 aromatic rings. The first-order valence-electron chi connectivity index (χ1n) is 9.28. The molecule has 158 valence electrons. The first kappa shape index (κ1) is 22.4. The van der Waals surface area contributed by atoms with Crippen LogP contribution < -0.4 is 0 Å². The molecule has 2 atom stereocenters. The van der Waals surface area contributed by atoms with Crippen molar-refractivity contribution >= 4 is 69.7 Å². The number of rotatable bonds is 5. The summed E-state index contributed by atoms with van der Waals surface area (Å²) in [5.41, 5.74) is 2.68. The van der Waals surface area contributed by atoms with Crippen LogP contribution in [0, 0.1) is 5.92 Å². The maximum atomic E-state index is 12.5. The van der Waals surface area contributed by atoms with Gasteiger partial charge in [-0.1, -0.05) is 81.4 Å². The van der Waals surface area contributed by atoms with Crippen LogP contribution in [0.4, 0.5) is 0 Å². The largest absolute Gasteiger partial charge is 0.365 e. The normalized spacial score (nSPS) is 18.0. The second-order valence-corrected chi connectivity index (χ2v) is 9.20. The lowest BCUT2D eigenvalue weighted by Gasteiger charge is -2.08. The van der Waals surface area contributed by atoms with Gasteiger partial charge in [0.25, 0.3) is 0 Å². The fourth-order valence-electron chi connectivity index (χ4n) is 3.36. The van der Waals surface area contributed by atoms with Crippen LogP contribution in [0.2, 0.25) is 25.1 Å². The Morgan fingerprint density at radius 2 is 1.45 bits per heavy atom. The zero-order valence-corrected chi connectivity index (χ0v) is 19.6. The van der Waals surface area contributed by atoms with Crippen molar-refractivity contribution in [2.75, 3.05) is 0 Å². The summed E-state index contributed by atoms with van der Waals surface area (Å²) in [7, 11) is 0. The van der Waals surface area contributed by atoms with Crippen LogP contribution in [0.5, 0.6) is 0 Å². The summed E-state index contributed by atoms with van der Waals surface area (Å²) in [5.74, 6) is -0.462. The third kappa shape index (κ3) is 5.19. The first-order chi connectivity index (χ1) is 14.8. The Morgan fingerprint density at radius 1 is 0.774 bits per heavy atom. The van der Waals surface area contributed by atoms with Crippen LogP contribution in [0.1, 0.15) is 33.8 Å². The van der Waals surface area contributed by atoms with Crippen molar-refractivity contribution in [1.29, 1.82) is 0 Å². The number of carbonyl (C=O) groups is 1. The Morgan fingerprint density at radius 3 is 2.13 bits per heavy atom. The van der Waals surface area contributed by atoms with E-state index in [4.69, 9.17) is 62.8 Å². The van der Waals surface area contributed by atoms with Gasteiger partial charge in [0, 0.05) is 21.0 Å². The van der Waals surface area contributed by atoms with Crippen LogP contribution in [-0.4, -0.2) is 11.7 Å². The van der Waals surface area contributed by atoms with Gasteiger partial charge < -0.3 is 4.84 Å². The lowest BCUT2D eigenvalue weighted by atomic mass is 10.0. The second-order valence-electron chi connectivity index (χ2n) is 7.11. The van der Waals surface area contributed by atoms with Gasteiger partial charge in [0.1, 0.15) is 0 Å². The van der Waals surface area contributed by atoms with Gasteiger partial charge in [-0.15, -0.1) is 0 Å². The molecule has 3 aromatic carbocycles. The van der Waals surface area contributed by atoms with Crippen LogP contribution in [0.3, 0.4) is 0 Å². The van der Waals surface area contributed by atoms with Crippen molar-refractivity contribution < 1.29 is 9.63 Å². The van der Waals surface area contributed by atoms with Crippen molar-refractivity contribution in [3.05, 3.63) is 102 Å². The summed E-state index contributed by atoms with van der Waals surface area (Å²) in [6, 6.07) is 17.2. The summed E-state index contributed by atoms with van der Waals surface area (Å²) < 4.78 is 0. The number of hydrogen-bond acceptors (Lipinski definition) is 3. The summed E-state index contributed by atoms with van der Waals surface area (Å²) in [5, 5.41) is 6.61. The van der Waals surface area contributed by atoms with Crippen molar-refractivity contribution in [2.24, 2.45) is 11.1 Å². The van der Waals surface area contributed by atoms with E-state index < -0.39 is 5.97 Å². The molecule has 0 spiro atoms. The molecular formula is C23H14Cl5NO2. The van der Waals surface area contributed by atoms with E-state index in [0.717, 1.165) is 17.5 Å². The highest BCUT2D eigenvalue weighted by Crippen LogP contribution is 2.51. The van der Waals surface area contributed by atoms with E-state index in [0.29, 0.717) is 25.8 Å². The zero-order valence-electron chi connectivity index (χ0n) is 15.8. The van der Waals surface area contributed by atoms with E-state index >= 15 is 0 Å². The van der Waals surface area contributed by atoms with Gasteiger partial charge >= 0.3 is 5.97 Å². The van der Waals surface area contributed by atoms with Crippen molar-refractivity contribution in [3.63, 3.8) is 0 Å². The molecule has 1 aliphatic rings. The Balaban J connectivity index is 1.61. The number of halogens is 5. The molecule has 0 amide bonds. The number of hydrogen-bond donors (Lipinski definition) is 0. The summed E-state index contributed by atoms with van der Waals surface area (Å²) in [6.45, 7) is 0. The maximum absolute atomic E-state index is 12.5. The number of nitrogens with zero attached hydrogens (tertiary/aromatic N) is 1. The van der Waals surface area contributed by atoms with Gasteiger partial charge in [-0.05, 0) is 65.9 Å². The van der Waals surface area contributed by atoms with E-state index in [1.54, 1.807) is 18.2 Å². The Hall–Kier alpha value is -1.75. The van der Waals surface area contributed by atoms with Gasteiger partial charge in [-0.25, -0.2) is 4.79 Å². The highest BCUT2D eigenvalue weighted by molar-refractivity contribution is 6.42. The summed E-state index contributed by atoms with van der Waals surface area (Å²) in [6.07, 6.45) is 0.813. The molecule has 4 rings (SSSR count). The molecule has 1 saturated carbocycles. The fourth-order valence-corrected chi connectivity index (χ4v) is 4.34. The predicted molar refractivity (Wildman–Crippen MR) is 127 cm³/mol. The van der Waals surface area contributed by atoms with Crippen LogP contribution in [0.25, 0.3) is 0 Å². The minimum atomic E-state index is -0.633. The van der Waals surface area contributed by atoms with E-state index in [9.17, 15) is 4.79 Å². The monoisotopic (exact) mass is 511 g/mol. The molecule has 0 aliphatic heterocycles. The minimum Gasteiger partial charge on any atom is -0.313 e. The first-order valence-corrected chi connectivity index (χ1v) is 11.2. The molecule has 0 saturated heterocycles. The Labute approximate surface area is 204 Å². The number of oxime groups is 1. The lowest BCUT2D eigenvalue weighted by Crippen LogP contribution is -2.09. The van der Waals surface area contributed by atoms with Gasteiger partial charge in [-0.3, -0.25) is 0 Å². The highest BCUT2D eigenvalue weighted by atomic mass is 35.5. The number of carbonyl (C=O) groups excluding carboxylic acids is 1. The Bertz CT molecular complexity index is 1180. The fraction of sp³-hybridized carbons (Fsp3) is 0.130. The SMILES string of the molecule is O=C(O/N=C(/c1ccc(Cl)cc1)[C@@H]1C[C@@H]1c1ccc(Cl)cc1Cl)c1ccc(Cl)c(Cl)c1. The third-order valence-corrected chi connectivity index (χ3v) is 6.58. The van der Waals surface area contributed by atoms with E-state index in [1.165, 1.54) is 18.2 Å². The molecule has 1 fully saturated rings. The van der Waals surface area contributed by atoms with Gasteiger partial charge in [0.05, 0.1) is 21.3 Å². The summed E-state index contributed by atoms with van der Waals surface area (Å²) in [4.78, 5) is 17.8. The molecule has 0 heterocycles. The quantitative estimate of drug-likeness (QED) is 0.195. The average molecular weight is 514 g/mol. The molecule has 31 heavy (non-hydrogen) atoms. The molecule has 0 unspecified atom stereocenters. The molecule has 0 radical (unpaired) electrons. The molecule has 8 heteroatoms. The number of benzene rings is 3. The standard InChI is InChI=1S/C23H14Cl5NO2/c24-14-4-1-12(2-5-14)22(18-11-17(18)16-7-6-15(25)10-20(16)27)29-31-23(30)13-3-8-19(26)21(28)9-13/h1-10,17-18H,11H2/b29-22-/t17-,18-/m1/s1. The van der Waals surface area contributed by atoms with Crippen LogP contribution >= 0.6 is 58.0 Å². The molecule has 0 bridgehead atoms. The molecule has 1 aliphatic carbocycles. The topological polar surface area (TPSA) is 38.7 Å². The zero-order chi connectivity index (χ0) is 22.1.